The van der Waals surface area contributed by atoms with Gasteiger partial charge in [0.1, 0.15) is 0 Å². The van der Waals surface area contributed by atoms with Crippen molar-refractivity contribution in [2.75, 3.05) is 6.54 Å². The van der Waals surface area contributed by atoms with Gasteiger partial charge in [0.25, 0.3) is 0 Å². The molecule has 0 spiro atoms. The second-order valence-electron chi connectivity index (χ2n) is 6.01. The molecule has 0 aromatic rings. The Hall–Kier alpha value is -0.0800. The van der Waals surface area contributed by atoms with Gasteiger partial charge in [-0.25, -0.2) is 0 Å². The van der Waals surface area contributed by atoms with E-state index in [0.717, 1.165) is 6.04 Å². The van der Waals surface area contributed by atoms with Crippen LogP contribution >= 0.6 is 0 Å². The third-order valence-corrected chi connectivity index (χ3v) is 4.64. The second kappa shape index (κ2) is 7.38. The van der Waals surface area contributed by atoms with E-state index in [0.29, 0.717) is 6.17 Å². The Morgan fingerprint density at radius 2 is 1.18 bits per heavy atom. The van der Waals surface area contributed by atoms with Gasteiger partial charge in [-0.3, -0.25) is 4.90 Å². The molecular formula is C15H30N2. The minimum Gasteiger partial charge on any atom is -0.316 e. The Kier molecular flexibility index (Phi) is 5.79. The van der Waals surface area contributed by atoms with Crippen molar-refractivity contribution in [2.24, 2.45) is 5.73 Å². The van der Waals surface area contributed by atoms with E-state index < -0.39 is 0 Å². The first kappa shape index (κ1) is 13.4. The fraction of sp³-hybridized carbons (Fsp3) is 1.00. The molecule has 1 saturated carbocycles. The normalized spacial score (nSPS) is 31.2. The summed E-state index contributed by atoms with van der Waals surface area (Å²) in [5.41, 5.74) is 6.40. The highest BCUT2D eigenvalue weighted by atomic mass is 15.2. The molecule has 0 amide bonds. The first-order chi connectivity index (χ1) is 8.38. The van der Waals surface area contributed by atoms with Crippen molar-refractivity contribution in [3.63, 3.8) is 0 Å². The van der Waals surface area contributed by atoms with E-state index in [1.54, 1.807) is 0 Å². The SMILES string of the molecule is NC1CCCCCCN1C1CCCCCCC1. The maximum Gasteiger partial charge on any atom is 0.0574 e. The molecule has 2 N–H and O–H groups in total. The van der Waals surface area contributed by atoms with Crippen LogP contribution in [-0.2, 0) is 0 Å². The zero-order valence-corrected chi connectivity index (χ0v) is 11.4. The molecule has 2 nitrogen and oxygen atoms in total. The van der Waals surface area contributed by atoms with Crippen LogP contribution in [0.3, 0.4) is 0 Å². The number of likely N-dealkylation sites (tertiary alicyclic amines) is 1. The van der Waals surface area contributed by atoms with Gasteiger partial charge in [0.05, 0.1) is 6.17 Å². The van der Waals surface area contributed by atoms with E-state index in [9.17, 15) is 0 Å². The Morgan fingerprint density at radius 3 is 1.88 bits per heavy atom. The van der Waals surface area contributed by atoms with Gasteiger partial charge in [-0.05, 0) is 32.2 Å². The quantitative estimate of drug-likeness (QED) is 0.755. The fourth-order valence-electron chi connectivity index (χ4n) is 3.55. The van der Waals surface area contributed by atoms with Crippen LogP contribution in [0.25, 0.3) is 0 Å². The van der Waals surface area contributed by atoms with Crippen LogP contribution in [0.1, 0.15) is 77.0 Å². The highest BCUT2D eigenvalue weighted by Crippen LogP contribution is 2.25. The predicted molar refractivity (Wildman–Crippen MR) is 73.9 cm³/mol. The van der Waals surface area contributed by atoms with E-state index in [4.69, 9.17) is 5.73 Å². The zero-order valence-electron chi connectivity index (χ0n) is 11.4. The highest BCUT2D eigenvalue weighted by Gasteiger charge is 2.24. The van der Waals surface area contributed by atoms with Crippen molar-refractivity contribution < 1.29 is 0 Å². The molecule has 0 aromatic carbocycles. The van der Waals surface area contributed by atoms with Crippen LogP contribution in [0.4, 0.5) is 0 Å². The van der Waals surface area contributed by atoms with Gasteiger partial charge >= 0.3 is 0 Å². The van der Waals surface area contributed by atoms with Crippen LogP contribution in [0.2, 0.25) is 0 Å². The molecule has 2 rings (SSSR count). The van der Waals surface area contributed by atoms with Crippen LogP contribution in [0.5, 0.6) is 0 Å². The molecule has 0 aromatic heterocycles. The third-order valence-electron chi connectivity index (χ3n) is 4.64. The molecule has 1 atom stereocenters. The lowest BCUT2D eigenvalue weighted by Crippen LogP contribution is -2.49. The average molecular weight is 238 g/mol. The molecule has 0 bridgehead atoms. The molecule has 2 aliphatic rings. The molecule has 1 saturated heterocycles. The van der Waals surface area contributed by atoms with Crippen molar-refractivity contribution >= 4 is 0 Å². The van der Waals surface area contributed by atoms with Crippen molar-refractivity contribution in [1.29, 1.82) is 0 Å². The zero-order chi connectivity index (χ0) is 11.9. The van der Waals surface area contributed by atoms with Crippen LogP contribution in [0, 0.1) is 0 Å². The second-order valence-corrected chi connectivity index (χ2v) is 6.01. The van der Waals surface area contributed by atoms with Crippen molar-refractivity contribution in [3.8, 4) is 0 Å². The summed E-state index contributed by atoms with van der Waals surface area (Å²) < 4.78 is 0. The Labute approximate surface area is 107 Å². The molecule has 1 aliphatic heterocycles. The molecule has 2 fully saturated rings. The molecule has 17 heavy (non-hydrogen) atoms. The molecule has 1 aliphatic carbocycles. The van der Waals surface area contributed by atoms with E-state index in [-0.39, 0.29) is 0 Å². The van der Waals surface area contributed by atoms with Crippen molar-refractivity contribution in [3.05, 3.63) is 0 Å². The maximum atomic E-state index is 6.40. The molecule has 1 unspecified atom stereocenters. The summed E-state index contributed by atoms with van der Waals surface area (Å²) in [5.74, 6) is 0. The average Bonchev–Trinajstić information content (AvgIpc) is 2.26. The predicted octanol–water partition coefficient (Wildman–Crippen LogP) is 3.65. The summed E-state index contributed by atoms with van der Waals surface area (Å²) in [6.07, 6.45) is 17.1. The summed E-state index contributed by atoms with van der Waals surface area (Å²) in [5, 5.41) is 0. The van der Waals surface area contributed by atoms with Gasteiger partial charge in [-0.2, -0.15) is 0 Å². The lowest BCUT2D eigenvalue weighted by molar-refractivity contribution is 0.0970. The van der Waals surface area contributed by atoms with Crippen molar-refractivity contribution in [1.82, 2.24) is 4.90 Å². The molecular weight excluding hydrogens is 208 g/mol. The summed E-state index contributed by atoms with van der Waals surface area (Å²) in [6.45, 7) is 1.26. The van der Waals surface area contributed by atoms with Gasteiger partial charge in [-0.15, -0.1) is 0 Å². The summed E-state index contributed by atoms with van der Waals surface area (Å²) in [7, 11) is 0. The highest BCUT2D eigenvalue weighted by molar-refractivity contribution is 4.79. The Morgan fingerprint density at radius 1 is 0.647 bits per heavy atom. The van der Waals surface area contributed by atoms with E-state index in [1.807, 2.05) is 0 Å². The Balaban J connectivity index is 1.90. The number of hydrogen-bond acceptors (Lipinski definition) is 2. The van der Waals surface area contributed by atoms with E-state index >= 15 is 0 Å². The molecule has 0 radical (unpaired) electrons. The van der Waals surface area contributed by atoms with E-state index in [2.05, 4.69) is 4.90 Å². The number of rotatable bonds is 1. The third kappa shape index (κ3) is 4.26. The number of hydrogen-bond donors (Lipinski definition) is 1. The number of nitrogens with zero attached hydrogens (tertiary/aromatic N) is 1. The topological polar surface area (TPSA) is 29.3 Å². The van der Waals surface area contributed by atoms with E-state index in [1.165, 1.54) is 83.6 Å². The maximum absolute atomic E-state index is 6.40. The first-order valence-electron chi connectivity index (χ1n) is 7.89. The minimum atomic E-state index is 0.347. The summed E-state index contributed by atoms with van der Waals surface area (Å²) in [4.78, 5) is 2.66. The van der Waals surface area contributed by atoms with Gasteiger partial charge in [0.2, 0.25) is 0 Å². The van der Waals surface area contributed by atoms with Gasteiger partial charge in [0.15, 0.2) is 0 Å². The van der Waals surface area contributed by atoms with Gasteiger partial charge < -0.3 is 5.73 Å². The first-order valence-corrected chi connectivity index (χ1v) is 7.89. The lowest BCUT2D eigenvalue weighted by Gasteiger charge is -2.38. The monoisotopic (exact) mass is 238 g/mol. The van der Waals surface area contributed by atoms with Crippen molar-refractivity contribution in [2.45, 2.75) is 89.3 Å². The standard InChI is InChI=1S/C15H30N2/c16-15-12-8-4-5-9-13-17(15)14-10-6-2-1-3-7-11-14/h14-15H,1-13,16H2. The van der Waals surface area contributed by atoms with Gasteiger partial charge in [-0.1, -0.05) is 51.4 Å². The molecule has 1 heterocycles. The minimum absolute atomic E-state index is 0.347. The summed E-state index contributed by atoms with van der Waals surface area (Å²) in [6, 6.07) is 0.795. The molecule has 100 valence electrons. The molecule has 2 heteroatoms. The summed E-state index contributed by atoms with van der Waals surface area (Å²) >= 11 is 0. The smallest absolute Gasteiger partial charge is 0.0574 e. The van der Waals surface area contributed by atoms with Crippen LogP contribution < -0.4 is 5.73 Å². The van der Waals surface area contributed by atoms with Gasteiger partial charge in [0, 0.05) is 6.04 Å². The Bertz CT molecular complexity index is 197. The largest absolute Gasteiger partial charge is 0.316 e. The number of nitrogens with two attached hydrogens (primary N) is 1. The fourth-order valence-corrected chi connectivity index (χ4v) is 3.55. The van der Waals surface area contributed by atoms with Crippen LogP contribution in [0.15, 0.2) is 0 Å². The lowest BCUT2D eigenvalue weighted by atomic mass is 9.94. The van der Waals surface area contributed by atoms with Crippen LogP contribution in [-0.4, -0.2) is 23.7 Å².